The number of carbonyl (C=O) groups excluding carboxylic acids is 1. The molecule has 5 nitrogen and oxygen atoms in total. The van der Waals surface area contributed by atoms with Crippen molar-refractivity contribution in [2.75, 3.05) is 0 Å². The number of ketones is 1. The summed E-state index contributed by atoms with van der Waals surface area (Å²) in [5.74, 6) is 3.05. The maximum absolute atomic E-state index is 13.5. The number of rotatable bonds is 4. The highest BCUT2D eigenvalue weighted by atomic mass is 16.8. The number of ether oxygens (including phenoxy) is 2. The Morgan fingerprint density at radius 3 is 2.17 bits per heavy atom. The van der Waals surface area contributed by atoms with Gasteiger partial charge in [0.05, 0.1) is 24.4 Å². The van der Waals surface area contributed by atoms with Crippen LogP contribution in [0.4, 0.5) is 0 Å². The van der Waals surface area contributed by atoms with Crippen LogP contribution in [-0.4, -0.2) is 46.2 Å². The molecule has 0 unspecified atom stereocenters. The van der Waals surface area contributed by atoms with Crippen molar-refractivity contribution < 1.29 is 24.5 Å². The number of aliphatic hydroxyl groups excluding tert-OH is 2. The Hall–Kier alpha value is -0.490. The smallest absolute Gasteiger partial charge is 0.163 e. The lowest BCUT2D eigenvalue weighted by atomic mass is 9.44. The summed E-state index contributed by atoms with van der Waals surface area (Å²) in [7, 11) is 0. The van der Waals surface area contributed by atoms with Crippen molar-refractivity contribution in [1.82, 2.24) is 0 Å². The highest BCUT2D eigenvalue weighted by molar-refractivity contribution is 5.83. The van der Waals surface area contributed by atoms with E-state index >= 15 is 0 Å². The van der Waals surface area contributed by atoms with E-state index in [0.29, 0.717) is 66.5 Å². The average Bonchev–Trinajstić information content (AvgIpc) is 3.31. The first-order valence-electron chi connectivity index (χ1n) is 14.9. The first-order valence-corrected chi connectivity index (χ1v) is 14.9. The Labute approximate surface area is 219 Å². The van der Waals surface area contributed by atoms with Gasteiger partial charge in [-0.15, -0.1) is 0 Å². The lowest BCUT2D eigenvalue weighted by molar-refractivity contribution is -0.176. The molecule has 1 aliphatic heterocycles. The molecule has 0 amide bonds. The van der Waals surface area contributed by atoms with Crippen LogP contribution >= 0.6 is 0 Å². The molecule has 0 spiro atoms. The molecule has 5 aliphatic rings. The molecule has 4 saturated carbocycles. The summed E-state index contributed by atoms with van der Waals surface area (Å²) >= 11 is 0. The van der Waals surface area contributed by atoms with Gasteiger partial charge in [0.15, 0.2) is 5.79 Å². The van der Waals surface area contributed by atoms with E-state index in [1.165, 1.54) is 19.3 Å². The standard InChI is InChI=1S/C31H52O5/c1-16(2)17(3)27-28(36-29(5,6)35-27)18(4)20-9-10-21-19-13-24(32)23-14-25(33)26(34)15-31(23,8)22(19)11-12-30(20,21)7/h16-23,25-28,33-34H,9-15H2,1-8H3/t17-,18+,19+,20-,21+,22+,23-,25+,26-,27-,28-,30-,31-/m1/s1. The van der Waals surface area contributed by atoms with Crippen LogP contribution in [0.25, 0.3) is 0 Å². The number of Topliss-reactive ketones (excluding diaryl/α,β-unsaturated/α-hetero) is 1. The van der Waals surface area contributed by atoms with Gasteiger partial charge in [0.1, 0.15) is 5.78 Å². The molecule has 36 heavy (non-hydrogen) atoms. The molecule has 0 aromatic carbocycles. The summed E-state index contributed by atoms with van der Waals surface area (Å²) in [6.45, 7) is 18.2. The molecular weight excluding hydrogens is 452 g/mol. The van der Waals surface area contributed by atoms with Gasteiger partial charge in [-0.3, -0.25) is 4.79 Å². The van der Waals surface area contributed by atoms with E-state index in [1.807, 2.05) is 0 Å². The Balaban J connectivity index is 1.39. The highest BCUT2D eigenvalue weighted by Gasteiger charge is 2.64. The van der Waals surface area contributed by atoms with E-state index in [9.17, 15) is 15.0 Å². The Morgan fingerprint density at radius 1 is 0.861 bits per heavy atom. The van der Waals surface area contributed by atoms with Crippen LogP contribution in [0.1, 0.15) is 100 Å². The van der Waals surface area contributed by atoms with Crippen molar-refractivity contribution in [2.45, 2.75) is 131 Å². The summed E-state index contributed by atoms with van der Waals surface area (Å²) in [4.78, 5) is 13.5. The van der Waals surface area contributed by atoms with Gasteiger partial charge in [-0.2, -0.15) is 0 Å². The summed E-state index contributed by atoms with van der Waals surface area (Å²) in [5, 5.41) is 20.9. The topological polar surface area (TPSA) is 76.0 Å². The molecule has 0 radical (unpaired) electrons. The molecule has 0 bridgehead atoms. The molecule has 5 fully saturated rings. The fraction of sp³-hybridized carbons (Fsp3) is 0.968. The fourth-order valence-corrected chi connectivity index (χ4v) is 10.2. The van der Waals surface area contributed by atoms with Crippen LogP contribution in [0.5, 0.6) is 0 Å². The van der Waals surface area contributed by atoms with Gasteiger partial charge in [0.25, 0.3) is 0 Å². The van der Waals surface area contributed by atoms with E-state index < -0.39 is 18.0 Å². The molecule has 5 rings (SSSR count). The number of fused-ring (bicyclic) bond motifs is 5. The van der Waals surface area contributed by atoms with Gasteiger partial charge in [-0.1, -0.05) is 41.5 Å². The van der Waals surface area contributed by atoms with Crippen LogP contribution in [0.3, 0.4) is 0 Å². The number of carbonyl (C=O) groups is 1. The monoisotopic (exact) mass is 504 g/mol. The summed E-state index contributed by atoms with van der Waals surface area (Å²) in [5.41, 5.74) is 0.0203. The second-order valence-corrected chi connectivity index (χ2v) is 14.9. The first kappa shape index (κ1) is 27.1. The van der Waals surface area contributed by atoms with E-state index in [2.05, 4.69) is 55.4 Å². The van der Waals surface area contributed by atoms with Gasteiger partial charge < -0.3 is 19.7 Å². The molecule has 5 heteroatoms. The fourth-order valence-electron chi connectivity index (χ4n) is 10.2. The van der Waals surface area contributed by atoms with Crippen LogP contribution in [0.2, 0.25) is 0 Å². The SMILES string of the molecule is CC(C)[C@@H](C)[C@H]1OC(C)(C)O[C@@H]1[C@@H](C)[C@H]1CC[C@H]2[C@@H]3CC(=O)[C@H]4C[C@H](O)[C@H](O)C[C@]4(C)[C@H]3CC[C@]12C. The van der Waals surface area contributed by atoms with Crippen molar-refractivity contribution in [3.8, 4) is 0 Å². The molecule has 4 aliphatic carbocycles. The summed E-state index contributed by atoms with van der Waals surface area (Å²) < 4.78 is 13.2. The van der Waals surface area contributed by atoms with E-state index in [0.717, 1.165) is 6.42 Å². The number of hydrogen-bond donors (Lipinski definition) is 2. The summed E-state index contributed by atoms with van der Waals surface area (Å²) in [6.07, 6.45) is 5.11. The van der Waals surface area contributed by atoms with Crippen LogP contribution in [-0.2, 0) is 14.3 Å². The minimum atomic E-state index is -0.756. The van der Waals surface area contributed by atoms with E-state index in [4.69, 9.17) is 9.47 Å². The largest absolute Gasteiger partial charge is 0.390 e. The van der Waals surface area contributed by atoms with E-state index in [1.54, 1.807) is 0 Å². The lowest BCUT2D eigenvalue weighted by Crippen LogP contribution is -2.59. The van der Waals surface area contributed by atoms with Crippen LogP contribution in [0, 0.1) is 58.2 Å². The third kappa shape index (κ3) is 4.05. The zero-order valence-electron chi connectivity index (χ0n) is 24.0. The Bertz CT molecular complexity index is 854. The van der Waals surface area contributed by atoms with Crippen molar-refractivity contribution in [3.63, 3.8) is 0 Å². The molecule has 13 atom stereocenters. The second-order valence-electron chi connectivity index (χ2n) is 14.9. The maximum Gasteiger partial charge on any atom is 0.163 e. The maximum atomic E-state index is 13.5. The Morgan fingerprint density at radius 2 is 1.50 bits per heavy atom. The quantitative estimate of drug-likeness (QED) is 0.521. The van der Waals surface area contributed by atoms with Gasteiger partial charge in [-0.25, -0.2) is 0 Å². The van der Waals surface area contributed by atoms with Gasteiger partial charge in [0, 0.05) is 12.3 Å². The van der Waals surface area contributed by atoms with E-state index in [-0.39, 0.29) is 29.0 Å². The van der Waals surface area contributed by atoms with Gasteiger partial charge in [0.2, 0.25) is 0 Å². The number of hydrogen-bond acceptors (Lipinski definition) is 5. The third-order valence-corrected chi connectivity index (χ3v) is 12.4. The second kappa shape index (κ2) is 9.03. The predicted octanol–water partition coefficient (Wildman–Crippen LogP) is 5.60. The average molecular weight is 505 g/mol. The molecule has 206 valence electrons. The number of aliphatic hydroxyl groups is 2. The normalized spacial score (nSPS) is 52.0. The third-order valence-electron chi connectivity index (χ3n) is 12.4. The molecule has 1 saturated heterocycles. The summed E-state index contributed by atoms with van der Waals surface area (Å²) in [6, 6.07) is 0. The van der Waals surface area contributed by atoms with Crippen LogP contribution < -0.4 is 0 Å². The molecule has 1 heterocycles. The van der Waals surface area contributed by atoms with Gasteiger partial charge in [-0.05, 0) is 105 Å². The molecule has 0 aromatic rings. The zero-order chi connectivity index (χ0) is 26.4. The highest BCUT2D eigenvalue weighted by Crippen LogP contribution is 2.68. The molecular formula is C31H52O5. The minimum absolute atomic E-state index is 0.0952. The minimum Gasteiger partial charge on any atom is -0.390 e. The van der Waals surface area contributed by atoms with Gasteiger partial charge >= 0.3 is 0 Å². The molecule has 2 N–H and O–H groups in total. The predicted molar refractivity (Wildman–Crippen MR) is 140 cm³/mol. The van der Waals surface area contributed by atoms with Crippen molar-refractivity contribution in [1.29, 1.82) is 0 Å². The Kier molecular flexibility index (Phi) is 6.80. The van der Waals surface area contributed by atoms with Crippen LogP contribution in [0.15, 0.2) is 0 Å². The van der Waals surface area contributed by atoms with Crippen molar-refractivity contribution in [2.24, 2.45) is 58.2 Å². The molecule has 0 aromatic heterocycles. The van der Waals surface area contributed by atoms with Crippen molar-refractivity contribution in [3.05, 3.63) is 0 Å². The zero-order valence-corrected chi connectivity index (χ0v) is 24.0. The first-order chi connectivity index (χ1) is 16.7. The lowest BCUT2D eigenvalue weighted by Gasteiger charge is -2.61. The van der Waals surface area contributed by atoms with Crippen molar-refractivity contribution >= 4 is 5.78 Å².